The Bertz CT molecular complexity index is 691. The first-order valence-electron chi connectivity index (χ1n) is 10.4. The van der Waals surface area contributed by atoms with Gasteiger partial charge >= 0.3 is 6.03 Å². The number of aliphatic hydroxyl groups is 1. The van der Waals surface area contributed by atoms with E-state index in [2.05, 4.69) is 47.8 Å². The first-order chi connectivity index (χ1) is 13.9. The van der Waals surface area contributed by atoms with Gasteiger partial charge in [0.2, 0.25) is 5.91 Å². The van der Waals surface area contributed by atoms with Crippen LogP contribution >= 0.6 is 0 Å². The van der Waals surface area contributed by atoms with E-state index in [-0.39, 0.29) is 36.9 Å². The number of pyridine rings is 1. The molecule has 2 rings (SSSR count). The summed E-state index contributed by atoms with van der Waals surface area (Å²) in [6.45, 7) is 7.68. The van der Waals surface area contributed by atoms with Crippen molar-refractivity contribution in [2.45, 2.75) is 40.2 Å². The van der Waals surface area contributed by atoms with Gasteiger partial charge in [-0.1, -0.05) is 31.6 Å². The zero-order chi connectivity index (χ0) is 21.2. The summed E-state index contributed by atoms with van der Waals surface area (Å²) in [5.74, 6) is 1.36. The Morgan fingerprint density at radius 3 is 2.72 bits per heavy atom. The second kappa shape index (κ2) is 11.6. The number of carbonyl (C=O) groups excluding carboxylic acids is 2. The van der Waals surface area contributed by atoms with Crippen LogP contribution in [0.4, 0.5) is 4.79 Å². The molecule has 0 saturated carbocycles. The van der Waals surface area contributed by atoms with E-state index in [0.717, 1.165) is 12.0 Å². The van der Waals surface area contributed by atoms with Crippen molar-refractivity contribution in [1.82, 2.24) is 20.9 Å². The Balaban J connectivity index is 1.91. The minimum atomic E-state index is -0.260. The molecule has 29 heavy (non-hydrogen) atoms. The van der Waals surface area contributed by atoms with Gasteiger partial charge in [0.1, 0.15) is 0 Å². The fourth-order valence-corrected chi connectivity index (χ4v) is 3.95. The highest BCUT2D eigenvalue weighted by atomic mass is 16.3. The molecule has 160 valence electrons. The van der Waals surface area contributed by atoms with Gasteiger partial charge in [-0.3, -0.25) is 9.78 Å². The predicted molar refractivity (Wildman–Crippen MR) is 113 cm³/mol. The Labute approximate surface area is 173 Å². The van der Waals surface area contributed by atoms with Gasteiger partial charge in [-0.25, -0.2) is 4.79 Å². The third-order valence-electron chi connectivity index (χ3n) is 5.62. The van der Waals surface area contributed by atoms with E-state index < -0.39 is 0 Å². The lowest BCUT2D eigenvalue weighted by molar-refractivity contribution is -0.122. The van der Waals surface area contributed by atoms with E-state index in [1.54, 1.807) is 12.4 Å². The SMILES string of the molecule is CC1=C[C@@H](CNC(=O)NCCO)[C@H](C(C)C)C[C@H]1CC(=O)NCc1cccnc1. The zero-order valence-electron chi connectivity index (χ0n) is 17.6. The van der Waals surface area contributed by atoms with Crippen LogP contribution in [0.3, 0.4) is 0 Å². The Morgan fingerprint density at radius 1 is 1.28 bits per heavy atom. The predicted octanol–water partition coefficient (Wildman–Crippen LogP) is 2.23. The van der Waals surface area contributed by atoms with Crippen molar-refractivity contribution in [2.75, 3.05) is 19.7 Å². The number of amides is 3. The van der Waals surface area contributed by atoms with E-state index in [1.807, 2.05) is 12.1 Å². The molecule has 1 heterocycles. The maximum Gasteiger partial charge on any atom is 0.314 e. The van der Waals surface area contributed by atoms with Gasteiger partial charge in [0.15, 0.2) is 0 Å². The summed E-state index contributed by atoms with van der Waals surface area (Å²) in [5.41, 5.74) is 2.20. The molecule has 1 aromatic heterocycles. The lowest BCUT2D eigenvalue weighted by atomic mass is 9.70. The number of allylic oxidation sites excluding steroid dienone is 1. The summed E-state index contributed by atoms with van der Waals surface area (Å²) in [6.07, 6.45) is 7.11. The third kappa shape index (κ3) is 7.49. The Kier molecular flexibility index (Phi) is 9.12. The fraction of sp³-hybridized carbons (Fsp3) is 0.591. The lowest BCUT2D eigenvalue weighted by Crippen LogP contribution is -2.42. The molecule has 0 radical (unpaired) electrons. The van der Waals surface area contributed by atoms with Crippen LogP contribution in [0.15, 0.2) is 36.2 Å². The second-order valence-electron chi connectivity index (χ2n) is 8.12. The largest absolute Gasteiger partial charge is 0.395 e. The molecule has 1 aliphatic rings. The van der Waals surface area contributed by atoms with Gasteiger partial charge in [-0.2, -0.15) is 0 Å². The molecule has 7 nitrogen and oxygen atoms in total. The van der Waals surface area contributed by atoms with Crippen LogP contribution in [0.1, 0.15) is 39.2 Å². The van der Waals surface area contributed by atoms with Gasteiger partial charge in [0, 0.05) is 38.4 Å². The normalized spacial score (nSPS) is 21.4. The van der Waals surface area contributed by atoms with E-state index >= 15 is 0 Å². The standard InChI is InChI=1S/C22H34N4O3/c1-15(2)20-10-18(11-21(28)25-13-17-5-4-6-23-12-17)16(3)9-19(20)14-26-22(29)24-7-8-27/h4-6,9,12,15,18-20,27H,7-8,10-11,13-14H2,1-3H3,(H,25,28)(H2,24,26,29)/t18-,19-,20-/m0/s1. The molecule has 1 aliphatic carbocycles. The number of urea groups is 1. The van der Waals surface area contributed by atoms with Gasteiger partial charge in [0.05, 0.1) is 6.61 Å². The van der Waals surface area contributed by atoms with E-state index in [0.29, 0.717) is 31.3 Å². The average molecular weight is 403 g/mol. The van der Waals surface area contributed by atoms with E-state index in [4.69, 9.17) is 5.11 Å². The second-order valence-corrected chi connectivity index (χ2v) is 8.12. The molecular formula is C22H34N4O3. The minimum Gasteiger partial charge on any atom is -0.395 e. The highest BCUT2D eigenvalue weighted by Gasteiger charge is 2.32. The van der Waals surface area contributed by atoms with Crippen molar-refractivity contribution in [1.29, 1.82) is 0 Å². The monoisotopic (exact) mass is 402 g/mol. The molecule has 3 atom stereocenters. The maximum atomic E-state index is 12.5. The summed E-state index contributed by atoms with van der Waals surface area (Å²) in [4.78, 5) is 28.3. The Hall–Kier alpha value is -2.41. The molecule has 0 aromatic carbocycles. The Morgan fingerprint density at radius 2 is 2.07 bits per heavy atom. The molecule has 0 saturated heterocycles. The number of hydrogen-bond acceptors (Lipinski definition) is 4. The summed E-state index contributed by atoms with van der Waals surface area (Å²) in [6, 6.07) is 3.55. The van der Waals surface area contributed by atoms with Crippen LogP contribution in [0.2, 0.25) is 0 Å². The molecule has 3 amide bonds. The molecule has 0 aliphatic heterocycles. The van der Waals surface area contributed by atoms with Gasteiger partial charge < -0.3 is 21.1 Å². The average Bonchev–Trinajstić information content (AvgIpc) is 2.71. The van der Waals surface area contributed by atoms with Crippen LogP contribution in [-0.2, 0) is 11.3 Å². The maximum absolute atomic E-state index is 12.5. The van der Waals surface area contributed by atoms with Gasteiger partial charge in [-0.15, -0.1) is 0 Å². The summed E-state index contributed by atoms with van der Waals surface area (Å²) in [5, 5.41) is 17.3. The number of rotatable bonds is 9. The van der Waals surface area contributed by atoms with Crippen LogP contribution < -0.4 is 16.0 Å². The minimum absolute atomic E-state index is 0.0501. The molecule has 0 unspecified atom stereocenters. The number of aliphatic hydroxyl groups excluding tert-OH is 1. The number of nitrogens with one attached hydrogen (secondary N) is 3. The quantitative estimate of drug-likeness (QED) is 0.476. The summed E-state index contributed by atoms with van der Waals surface area (Å²) >= 11 is 0. The molecule has 7 heteroatoms. The van der Waals surface area contributed by atoms with Crippen LogP contribution in [0.25, 0.3) is 0 Å². The summed E-state index contributed by atoms with van der Waals surface area (Å²) < 4.78 is 0. The van der Waals surface area contributed by atoms with Crippen LogP contribution in [-0.4, -0.2) is 41.7 Å². The van der Waals surface area contributed by atoms with Gasteiger partial charge in [0.25, 0.3) is 0 Å². The highest BCUT2D eigenvalue weighted by molar-refractivity contribution is 5.76. The van der Waals surface area contributed by atoms with E-state index in [1.165, 1.54) is 5.57 Å². The van der Waals surface area contributed by atoms with Crippen molar-refractivity contribution in [3.63, 3.8) is 0 Å². The molecule has 0 bridgehead atoms. The lowest BCUT2D eigenvalue weighted by Gasteiger charge is -2.37. The summed E-state index contributed by atoms with van der Waals surface area (Å²) in [7, 11) is 0. The van der Waals surface area contributed by atoms with Crippen molar-refractivity contribution in [3.8, 4) is 0 Å². The van der Waals surface area contributed by atoms with Crippen molar-refractivity contribution >= 4 is 11.9 Å². The molecule has 1 aromatic rings. The molecule has 4 N–H and O–H groups in total. The number of nitrogens with zero attached hydrogens (tertiary/aromatic N) is 1. The highest BCUT2D eigenvalue weighted by Crippen LogP contribution is 2.38. The van der Waals surface area contributed by atoms with Crippen LogP contribution in [0, 0.1) is 23.7 Å². The number of carbonyl (C=O) groups is 2. The van der Waals surface area contributed by atoms with Crippen molar-refractivity contribution in [2.24, 2.45) is 23.7 Å². The molecule has 0 fully saturated rings. The third-order valence-corrected chi connectivity index (χ3v) is 5.62. The number of aromatic nitrogens is 1. The number of hydrogen-bond donors (Lipinski definition) is 4. The van der Waals surface area contributed by atoms with Crippen molar-refractivity contribution in [3.05, 3.63) is 41.7 Å². The zero-order valence-corrected chi connectivity index (χ0v) is 17.6. The topological polar surface area (TPSA) is 103 Å². The smallest absolute Gasteiger partial charge is 0.314 e. The first-order valence-corrected chi connectivity index (χ1v) is 10.4. The molecule has 0 spiro atoms. The van der Waals surface area contributed by atoms with Crippen molar-refractivity contribution < 1.29 is 14.7 Å². The fourth-order valence-electron chi connectivity index (χ4n) is 3.95. The molecular weight excluding hydrogens is 368 g/mol. The van der Waals surface area contributed by atoms with Crippen LogP contribution in [0.5, 0.6) is 0 Å². The van der Waals surface area contributed by atoms with E-state index in [9.17, 15) is 9.59 Å². The first kappa shape index (κ1) is 22.9. The van der Waals surface area contributed by atoms with Gasteiger partial charge in [-0.05, 0) is 48.6 Å².